The predicted octanol–water partition coefficient (Wildman–Crippen LogP) is 2.34. The van der Waals surface area contributed by atoms with Crippen LogP contribution in [-0.2, 0) is 4.79 Å². The Morgan fingerprint density at radius 2 is 2.05 bits per heavy atom. The molecule has 0 saturated heterocycles. The van der Waals surface area contributed by atoms with Crippen molar-refractivity contribution in [3.05, 3.63) is 42.2 Å². The Kier molecular flexibility index (Phi) is 5.04. The van der Waals surface area contributed by atoms with Gasteiger partial charge in [-0.2, -0.15) is 5.10 Å². The van der Waals surface area contributed by atoms with E-state index in [-0.39, 0.29) is 18.0 Å². The fourth-order valence-electron chi connectivity index (χ4n) is 2.22. The molecule has 0 saturated carbocycles. The highest BCUT2D eigenvalue weighted by atomic mass is 16.5. The molecule has 118 valence electrons. The maximum Gasteiger partial charge on any atom is 0.245 e. The molecule has 2 atom stereocenters. The summed E-state index contributed by atoms with van der Waals surface area (Å²) < 4.78 is 12.2. The zero-order valence-electron chi connectivity index (χ0n) is 13.2. The van der Waals surface area contributed by atoms with Gasteiger partial charge in [-0.1, -0.05) is 0 Å². The summed E-state index contributed by atoms with van der Waals surface area (Å²) in [7, 11) is 3.21. The number of carbonyl (C=O) groups excluding carboxylic acids is 1. The summed E-state index contributed by atoms with van der Waals surface area (Å²) in [4.78, 5) is 12.3. The molecule has 2 unspecified atom stereocenters. The number of hydrogen-bond acceptors (Lipinski definition) is 4. The highest BCUT2D eigenvalue weighted by Crippen LogP contribution is 2.29. The van der Waals surface area contributed by atoms with E-state index in [1.807, 2.05) is 25.1 Å². The molecule has 0 fully saturated rings. The van der Waals surface area contributed by atoms with E-state index in [4.69, 9.17) is 9.47 Å². The monoisotopic (exact) mass is 303 g/mol. The van der Waals surface area contributed by atoms with Crippen molar-refractivity contribution in [2.24, 2.45) is 0 Å². The van der Waals surface area contributed by atoms with Gasteiger partial charge < -0.3 is 14.8 Å². The number of hydrogen-bond donors (Lipinski definition) is 1. The molecule has 0 aliphatic heterocycles. The lowest BCUT2D eigenvalue weighted by atomic mass is 10.1. The van der Waals surface area contributed by atoms with Gasteiger partial charge in [-0.3, -0.25) is 9.48 Å². The maximum absolute atomic E-state index is 12.3. The molecule has 0 spiro atoms. The number of nitrogens with one attached hydrogen (secondary N) is 1. The molecular weight excluding hydrogens is 282 g/mol. The first-order valence-corrected chi connectivity index (χ1v) is 7.08. The van der Waals surface area contributed by atoms with Crippen LogP contribution in [0.1, 0.15) is 31.5 Å². The third-order valence-corrected chi connectivity index (χ3v) is 3.56. The van der Waals surface area contributed by atoms with Gasteiger partial charge in [-0.15, -0.1) is 0 Å². The van der Waals surface area contributed by atoms with Gasteiger partial charge in [-0.25, -0.2) is 0 Å². The van der Waals surface area contributed by atoms with E-state index in [0.717, 1.165) is 11.3 Å². The number of aromatic nitrogens is 2. The second-order valence-electron chi connectivity index (χ2n) is 5.00. The van der Waals surface area contributed by atoms with Crippen LogP contribution >= 0.6 is 0 Å². The van der Waals surface area contributed by atoms with Crippen molar-refractivity contribution in [3.8, 4) is 11.5 Å². The van der Waals surface area contributed by atoms with Crippen molar-refractivity contribution in [2.75, 3.05) is 14.2 Å². The molecule has 0 aliphatic rings. The van der Waals surface area contributed by atoms with Crippen molar-refractivity contribution < 1.29 is 14.3 Å². The van der Waals surface area contributed by atoms with Crippen molar-refractivity contribution in [1.29, 1.82) is 0 Å². The highest BCUT2D eigenvalue weighted by molar-refractivity contribution is 5.80. The van der Waals surface area contributed by atoms with Gasteiger partial charge in [0.25, 0.3) is 0 Å². The number of ether oxygens (including phenoxy) is 2. The Morgan fingerprint density at radius 3 is 2.64 bits per heavy atom. The molecule has 1 aromatic carbocycles. The van der Waals surface area contributed by atoms with Crippen LogP contribution in [0.5, 0.6) is 11.5 Å². The average Bonchev–Trinajstić information content (AvgIpc) is 3.07. The molecule has 0 aliphatic carbocycles. The van der Waals surface area contributed by atoms with Gasteiger partial charge in [0.2, 0.25) is 5.91 Å². The quantitative estimate of drug-likeness (QED) is 0.889. The molecule has 2 rings (SSSR count). The minimum absolute atomic E-state index is 0.110. The SMILES string of the molecule is COc1ccc(OC)c(C(C)NC(=O)C(C)n2cccn2)c1. The molecule has 1 amide bonds. The number of amides is 1. The third kappa shape index (κ3) is 3.39. The number of benzene rings is 1. The van der Waals surface area contributed by atoms with Crippen molar-refractivity contribution >= 4 is 5.91 Å². The summed E-state index contributed by atoms with van der Waals surface area (Å²) in [5, 5.41) is 7.06. The van der Waals surface area contributed by atoms with Crippen LogP contribution in [0.4, 0.5) is 0 Å². The van der Waals surface area contributed by atoms with Crippen LogP contribution in [-0.4, -0.2) is 29.9 Å². The van der Waals surface area contributed by atoms with Crippen molar-refractivity contribution in [1.82, 2.24) is 15.1 Å². The largest absolute Gasteiger partial charge is 0.497 e. The number of methoxy groups -OCH3 is 2. The summed E-state index contributed by atoms with van der Waals surface area (Å²) in [5.41, 5.74) is 0.864. The Labute approximate surface area is 130 Å². The smallest absolute Gasteiger partial charge is 0.245 e. The van der Waals surface area contributed by atoms with E-state index in [0.29, 0.717) is 5.75 Å². The summed E-state index contributed by atoms with van der Waals surface area (Å²) in [6.07, 6.45) is 3.42. The van der Waals surface area contributed by atoms with Crippen LogP contribution in [0.15, 0.2) is 36.7 Å². The van der Waals surface area contributed by atoms with Crippen LogP contribution in [0.3, 0.4) is 0 Å². The van der Waals surface area contributed by atoms with Crippen molar-refractivity contribution in [3.63, 3.8) is 0 Å². The van der Waals surface area contributed by atoms with Gasteiger partial charge in [0.05, 0.1) is 20.3 Å². The Hall–Kier alpha value is -2.50. The molecule has 1 aromatic heterocycles. The van der Waals surface area contributed by atoms with E-state index >= 15 is 0 Å². The first-order valence-electron chi connectivity index (χ1n) is 7.08. The van der Waals surface area contributed by atoms with Crippen LogP contribution in [0.25, 0.3) is 0 Å². The Morgan fingerprint density at radius 1 is 1.27 bits per heavy atom. The number of carbonyl (C=O) groups is 1. The molecule has 1 heterocycles. The third-order valence-electron chi connectivity index (χ3n) is 3.56. The lowest BCUT2D eigenvalue weighted by Gasteiger charge is -2.20. The molecular formula is C16H21N3O3. The summed E-state index contributed by atoms with van der Waals surface area (Å²) >= 11 is 0. The number of nitrogens with zero attached hydrogens (tertiary/aromatic N) is 2. The lowest BCUT2D eigenvalue weighted by Crippen LogP contribution is -2.33. The summed E-state index contributed by atoms with van der Waals surface area (Å²) in [6.45, 7) is 3.71. The zero-order valence-corrected chi connectivity index (χ0v) is 13.2. The van der Waals surface area contributed by atoms with E-state index < -0.39 is 0 Å². The number of rotatable bonds is 6. The first-order chi connectivity index (χ1) is 10.6. The molecule has 22 heavy (non-hydrogen) atoms. The minimum atomic E-state index is -0.381. The average molecular weight is 303 g/mol. The minimum Gasteiger partial charge on any atom is -0.497 e. The fraction of sp³-hybridized carbons (Fsp3) is 0.375. The summed E-state index contributed by atoms with van der Waals surface area (Å²) in [5.74, 6) is 1.32. The molecule has 0 bridgehead atoms. The maximum atomic E-state index is 12.3. The molecule has 0 radical (unpaired) electrons. The molecule has 2 aromatic rings. The van der Waals surface area contributed by atoms with Crippen LogP contribution < -0.4 is 14.8 Å². The second kappa shape index (κ2) is 6.98. The molecule has 6 nitrogen and oxygen atoms in total. The second-order valence-corrected chi connectivity index (χ2v) is 5.00. The van der Waals surface area contributed by atoms with Crippen LogP contribution in [0, 0.1) is 0 Å². The normalized spacial score (nSPS) is 13.3. The summed E-state index contributed by atoms with van der Waals surface area (Å²) in [6, 6.07) is 6.71. The van der Waals surface area contributed by atoms with E-state index in [1.54, 1.807) is 44.3 Å². The molecule has 6 heteroatoms. The standard InChI is InChI=1S/C16H21N3O3/c1-11(14-10-13(21-3)6-7-15(14)22-4)18-16(20)12(2)19-9-5-8-17-19/h5-12H,1-4H3,(H,18,20). The highest BCUT2D eigenvalue weighted by Gasteiger charge is 2.20. The Balaban J connectivity index is 2.14. The van der Waals surface area contributed by atoms with E-state index in [1.165, 1.54) is 0 Å². The lowest BCUT2D eigenvalue weighted by molar-refractivity contribution is -0.124. The van der Waals surface area contributed by atoms with Gasteiger partial charge in [0.15, 0.2) is 0 Å². The van der Waals surface area contributed by atoms with E-state index in [9.17, 15) is 4.79 Å². The van der Waals surface area contributed by atoms with Crippen LogP contribution in [0.2, 0.25) is 0 Å². The van der Waals surface area contributed by atoms with Gasteiger partial charge in [-0.05, 0) is 38.1 Å². The van der Waals surface area contributed by atoms with Gasteiger partial charge >= 0.3 is 0 Å². The van der Waals surface area contributed by atoms with E-state index in [2.05, 4.69) is 10.4 Å². The first kappa shape index (κ1) is 15.9. The topological polar surface area (TPSA) is 65.4 Å². The fourth-order valence-corrected chi connectivity index (χ4v) is 2.22. The predicted molar refractivity (Wildman–Crippen MR) is 83.0 cm³/mol. The van der Waals surface area contributed by atoms with Gasteiger partial charge in [0.1, 0.15) is 17.5 Å². The van der Waals surface area contributed by atoms with Gasteiger partial charge in [0, 0.05) is 18.0 Å². The Bertz CT molecular complexity index is 626. The van der Waals surface area contributed by atoms with Crippen molar-refractivity contribution in [2.45, 2.75) is 25.9 Å². The molecule has 1 N–H and O–H groups in total. The zero-order chi connectivity index (χ0) is 16.1.